The number of aromatic nitrogens is 3. The maximum absolute atomic E-state index is 4.23. The van der Waals surface area contributed by atoms with E-state index in [-0.39, 0.29) is 0 Å². The standard InChI is InChI=1S/C10H11N3/c1-2-9-5-7-12-13(9)10-4-3-6-11-8-10/h3-8H,2H2,1H3. The van der Waals surface area contributed by atoms with Crippen LogP contribution in [0.5, 0.6) is 0 Å². The molecule has 0 aliphatic heterocycles. The maximum atomic E-state index is 4.23. The smallest absolute Gasteiger partial charge is 0.0831 e. The molecule has 3 nitrogen and oxygen atoms in total. The predicted molar refractivity (Wildman–Crippen MR) is 50.7 cm³/mol. The second-order valence-corrected chi connectivity index (χ2v) is 2.80. The molecular formula is C10H11N3. The normalized spacial score (nSPS) is 10.2. The first-order chi connectivity index (χ1) is 6.42. The first kappa shape index (κ1) is 7.98. The fourth-order valence-electron chi connectivity index (χ4n) is 1.31. The van der Waals surface area contributed by atoms with E-state index in [9.17, 15) is 0 Å². The third-order valence-electron chi connectivity index (χ3n) is 1.97. The summed E-state index contributed by atoms with van der Waals surface area (Å²) in [4.78, 5) is 4.06. The summed E-state index contributed by atoms with van der Waals surface area (Å²) in [6, 6.07) is 5.93. The van der Waals surface area contributed by atoms with Crippen LogP contribution in [0.25, 0.3) is 5.69 Å². The molecule has 0 saturated carbocycles. The molecular weight excluding hydrogens is 162 g/mol. The molecule has 2 aromatic rings. The van der Waals surface area contributed by atoms with Crippen molar-refractivity contribution in [2.45, 2.75) is 13.3 Å². The summed E-state index contributed by atoms with van der Waals surface area (Å²) in [5.41, 5.74) is 2.22. The average Bonchev–Trinajstić information content (AvgIpc) is 2.67. The van der Waals surface area contributed by atoms with Crippen LogP contribution >= 0.6 is 0 Å². The van der Waals surface area contributed by atoms with Crippen molar-refractivity contribution in [1.29, 1.82) is 0 Å². The summed E-state index contributed by atoms with van der Waals surface area (Å²) in [5.74, 6) is 0. The molecule has 0 aliphatic carbocycles. The predicted octanol–water partition coefficient (Wildman–Crippen LogP) is 1.83. The largest absolute Gasteiger partial charge is 0.262 e. The first-order valence-electron chi connectivity index (χ1n) is 4.35. The van der Waals surface area contributed by atoms with E-state index in [1.807, 2.05) is 35.3 Å². The van der Waals surface area contributed by atoms with E-state index >= 15 is 0 Å². The molecule has 0 N–H and O–H groups in total. The minimum Gasteiger partial charge on any atom is -0.262 e. The summed E-state index contributed by atoms with van der Waals surface area (Å²) < 4.78 is 1.91. The summed E-state index contributed by atoms with van der Waals surface area (Å²) in [7, 11) is 0. The monoisotopic (exact) mass is 173 g/mol. The Bertz CT molecular complexity index is 378. The van der Waals surface area contributed by atoms with Crippen molar-refractivity contribution >= 4 is 0 Å². The lowest BCUT2D eigenvalue weighted by Gasteiger charge is -2.03. The zero-order chi connectivity index (χ0) is 9.10. The second-order valence-electron chi connectivity index (χ2n) is 2.80. The Labute approximate surface area is 77.0 Å². The van der Waals surface area contributed by atoms with Crippen LogP contribution in [0.15, 0.2) is 36.8 Å². The summed E-state index contributed by atoms with van der Waals surface area (Å²) >= 11 is 0. The Kier molecular flexibility index (Phi) is 2.08. The van der Waals surface area contributed by atoms with Gasteiger partial charge >= 0.3 is 0 Å². The number of hydrogen-bond donors (Lipinski definition) is 0. The molecule has 0 radical (unpaired) electrons. The molecule has 0 fully saturated rings. The van der Waals surface area contributed by atoms with Gasteiger partial charge in [-0.05, 0) is 24.6 Å². The van der Waals surface area contributed by atoms with Gasteiger partial charge in [0.1, 0.15) is 0 Å². The van der Waals surface area contributed by atoms with Gasteiger partial charge in [-0.2, -0.15) is 5.10 Å². The Morgan fingerprint density at radius 2 is 2.23 bits per heavy atom. The number of rotatable bonds is 2. The van der Waals surface area contributed by atoms with Gasteiger partial charge in [-0.1, -0.05) is 6.92 Å². The lowest BCUT2D eigenvalue weighted by atomic mass is 10.3. The van der Waals surface area contributed by atoms with Gasteiger partial charge < -0.3 is 0 Å². The lowest BCUT2D eigenvalue weighted by molar-refractivity contribution is 0.810. The Morgan fingerprint density at radius 3 is 2.92 bits per heavy atom. The van der Waals surface area contributed by atoms with Crippen LogP contribution in [0.3, 0.4) is 0 Å². The molecule has 66 valence electrons. The van der Waals surface area contributed by atoms with Crippen molar-refractivity contribution in [3.63, 3.8) is 0 Å². The van der Waals surface area contributed by atoms with Gasteiger partial charge in [0.2, 0.25) is 0 Å². The highest BCUT2D eigenvalue weighted by molar-refractivity contribution is 5.28. The highest BCUT2D eigenvalue weighted by Gasteiger charge is 2.01. The van der Waals surface area contributed by atoms with Crippen LogP contribution in [0, 0.1) is 0 Å². The molecule has 0 bridgehead atoms. The molecule has 0 amide bonds. The molecule has 0 atom stereocenters. The van der Waals surface area contributed by atoms with Crippen LogP contribution in [0.4, 0.5) is 0 Å². The molecule has 0 aliphatic rings. The number of pyridine rings is 1. The van der Waals surface area contributed by atoms with Crippen LogP contribution in [0.1, 0.15) is 12.6 Å². The van der Waals surface area contributed by atoms with Gasteiger partial charge in [0.25, 0.3) is 0 Å². The van der Waals surface area contributed by atoms with E-state index < -0.39 is 0 Å². The fourth-order valence-corrected chi connectivity index (χ4v) is 1.31. The van der Waals surface area contributed by atoms with Gasteiger partial charge in [-0.25, -0.2) is 4.68 Å². The zero-order valence-corrected chi connectivity index (χ0v) is 7.51. The third-order valence-corrected chi connectivity index (χ3v) is 1.97. The highest BCUT2D eigenvalue weighted by Crippen LogP contribution is 2.08. The summed E-state index contributed by atoms with van der Waals surface area (Å²) in [5, 5.41) is 4.23. The quantitative estimate of drug-likeness (QED) is 0.693. The molecule has 3 heteroatoms. The fraction of sp³-hybridized carbons (Fsp3) is 0.200. The first-order valence-corrected chi connectivity index (χ1v) is 4.35. The van der Waals surface area contributed by atoms with Gasteiger partial charge in [-0.3, -0.25) is 4.98 Å². The van der Waals surface area contributed by atoms with Crippen LogP contribution < -0.4 is 0 Å². The van der Waals surface area contributed by atoms with E-state index in [1.54, 1.807) is 6.20 Å². The molecule has 2 rings (SSSR count). The van der Waals surface area contributed by atoms with Crippen molar-refractivity contribution in [3.8, 4) is 5.69 Å². The van der Waals surface area contributed by atoms with Crippen LogP contribution in [-0.2, 0) is 6.42 Å². The summed E-state index contributed by atoms with van der Waals surface area (Å²) in [6.07, 6.45) is 6.37. The van der Waals surface area contributed by atoms with Crippen LogP contribution in [-0.4, -0.2) is 14.8 Å². The van der Waals surface area contributed by atoms with Crippen molar-refractivity contribution in [2.75, 3.05) is 0 Å². The number of hydrogen-bond acceptors (Lipinski definition) is 2. The SMILES string of the molecule is CCc1ccnn1-c1cccnc1. The molecule has 0 aromatic carbocycles. The average molecular weight is 173 g/mol. The van der Waals surface area contributed by atoms with Gasteiger partial charge in [0.05, 0.1) is 11.9 Å². The summed E-state index contributed by atoms with van der Waals surface area (Å²) in [6.45, 7) is 2.11. The third kappa shape index (κ3) is 1.45. The molecule has 0 spiro atoms. The van der Waals surface area contributed by atoms with E-state index in [2.05, 4.69) is 17.0 Å². The van der Waals surface area contributed by atoms with Crippen molar-refractivity contribution < 1.29 is 0 Å². The molecule has 2 heterocycles. The van der Waals surface area contributed by atoms with E-state index in [0.717, 1.165) is 12.1 Å². The minimum absolute atomic E-state index is 0.981. The number of nitrogens with zero attached hydrogens (tertiary/aromatic N) is 3. The van der Waals surface area contributed by atoms with Crippen molar-refractivity contribution in [2.24, 2.45) is 0 Å². The Hall–Kier alpha value is -1.64. The van der Waals surface area contributed by atoms with Crippen LogP contribution in [0.2, 0.25) is 0 Å². The van der Waals surface area contributed by atoms with E-state index in [4.69, 9.17) is 0 Å². The van der Waals surface area contributed by atoms with Gasteiger partial charge in [0, 0.05) is 18.1 Å². The van der Waals surface area contributed by atoms with Gasteiger partial charge in [-0.15, -0.1) is 0 Å². The zero-order valence-electron chi connectivity index (χ0n) is 7.51. The van der Waals surface area contributed by atoms with E-state index in [1.165, 1.54) is 5.69 Å². The molecule has 0 saturated heterocycles. The maximum Gasteiger partial charge on any atom is 0.0831 e. The molecule has 2 aromatic heterocycles. The Balaban J connectivity index is 2.47. The van der Waals surface area contributed by atoms with Crippen molar-refractivity contribution in [3.05, 3.63) is 42.5 Å². The van der Waals surface area contributed by atoms with E-state index in [0.29, 0.717) is 0 Å². The highest BCUT2D eigenvalue weighted by atomic mass is 15.3. The van der Waals surface area contributed by atoms with Crippen molar-refractivity contribution in [1.82, 2.24) is 14.8 Å². The topological polar surface area (TPSA) is 30.7 Å². The van der Waals surface area contributed by atoms with Gasteiger partial charge in [0.15, 0.2) is 0 Å². The lowest BCUT2D eigenvalue weighted by Crippen LogP contribution is -2.00. The number of aryl methyl sites for hydroxylation is 1. The minimum atomic E-state index is 0.981. The molecule has 13 heavy (non-hydrogen) atoms. The second kappa shape index (κ2) is 3.39. The molecule has 0 unspecified atom stereocenters. The Morgan fingerprint density at radius 1 is 1.31 bits per heavy atom.